The molecule has 1 nitrogen and oxygen atoms in total. The summed E-state index contributed by atoms with van der Waals surface area (Å²) in [6, 6.07) is 0. The Balaban J connectivity index is 3.28. The quantitative estimate of drug-likeness (QED) is 0.383. The zero-order chi connectivity index (χ0) is 9.94. The minimum atomic E-state index is 1.23. The smallest absolute Gasteiger partial charge is 0.122 e. The van der Waals surface area contributed by atoms with Gasteiger partial charge in [-0.25, -0.2) is 0 Å². The Kier molecular flexibility index (Phi) is 10.0. The Morgan fingerprint density at radius 2 is 1.15 bits per heavy atom. The Bertz CT molecular complexity index is 81.1. The third-order valence-corrected chi connectivity index (χ3v) is 2.60. The maximum absolute atomic E-state index is 2.59. The molecule has 0 rings (SSSR count). The predicted molar refractivity (Wildman–Crippen MR) is 61.5 cm³/mol. The molecule has 0 aliphatic rings. The van der Waals surface area contributed by atoms with Crippen molar-refractivity contribution in [2.75, 3.05) is 19.6 Å². The van der Waals surface area contributed by atoms with E-state index in [0.29, 0.717) is 0 Å². The van der Waals surface area contributed by atoms with Gasteiger partial charge in [-0.1, -0.05) is 26.7 Å². The minimum Gasteiger partial charge on any atom is -0.170 e. The Morgan fingerprint density at radius 3 is 1.46 bits per heavy atom. The lowest BCUT2D eigenvalue weighted by Gasteiger charge is -2.09. The Labute approximate surface area is 84.5 Å². The highest BCUT2D eigenvalue weighted by molar-refractivity contribution is 4.61. The lowest BCUT2D eigenvalue weighted by atomic mass is 10.2. The van der Waals surface area contributed by atoms with Gasteiger partial charge < -0.3 is 0 Å². The molecule has 0 N–H and O–H groups in total. The second kappa shape index (κ2) is 10.0. The van der Waals surface area contributed by atoms with E-state index in [9.17, 15) is 0 Å². The summed E-state index contributed by atoms with van der Waals surface area (Å²) in [6.07, 6.45) is 8.24. The van der Waals surface area contributed by atoms with Crippen molar-refractivity contribution in [1.29, 1.82) is 0 Å². The summed E-state index contributed by atoms with van der Waals surface area (Å²) in [6.45, 7) is 10.7. The zero-order valence-corrected chi connectivity index (χ0v) is 9.81. The van der Waals surface area contributed by atoms with Crippen LogP contribution in [0.5, 0.6) is 0 Å². The summed E-state index contributed by atoms with van der Waals surface area (Å²) < 4.78 is 0. The van der Waals surface area contributed by atoms with Crippen LogP contribution in [-0.2, 0) is 0 Å². The molecule has 0 aromatic heterocycles. The molecular weight excluding hydrogens is 158 g/mol. The molecule has 0 heterocycles. The standard InChI is InChI=1S/C12H27N/c1-4-7-9-11-13(6-3)12-10-8-5-2/h4-12H2,1-3H3/q+1. The van der Waals surface area contributed by atoms with Crippen molar-refractivity contribution in [2.24, 2.45) is 0 Å². The van der Waals surface area contributed by atoms with Crippen LogP contribution in [0.4, 0.5) is 0 Å². The molecule has 0 atom stereocenters. The van der Waals surface area contributed by atoms with Gasteiger partial charge in [-0.2, -0.15) is 4.90 Å². The SMILES string of the molecule is CCCCC[N+](CC)CCCCC. The van der Waals surface area contributed by atoms with Crippen LogP contribution in [0.1, 0.15) is 59.3 Å². The van der Waals surface area contributed by atoms with E-state index in [1.165, 1.54) is 58.2 Å². The molecule has 1 heteroatoms. The highest BCUT2D eigenvalue weighted by Gasteiger charge is 2.09. The van der Waals surface area contributed by atoms with Crippen LogP contribution in [0.25, 0.3) is 0 Å². The molecular formula is C12H27N+. The average Bonchev–Trinajstić information content (AvgIpc) is 2.16. The Hall–Kier alpha value is -0.0400. The Morgan fingerprint density at radius 1 is 0.692 bits per heavy atom. The van der Waals surface area contributed by atoms with Crippen molar-refractivity contribution in [1.82, 2.24) is 4.90 Å². The second-order valence-electron chi connectivity index (χ2n) is 3.85. The van der Waals surface area contributed by atoms with Crippen LogP contribution in [0.15, 0.2) is 0 Å². The average molecular weight is 185 g/mol. The largest absolute Gasteiger partial charge is 0.170 e. The van der Waals surface area contributed by atoms with Gasteiger partial charge in [-0.05, 0) is 19.8 Å². The van der Waals surface area contributed by atoms with E-state index < -0.39 is 0 Å². The minimum absolute atomic E-state index is 1.23. The first-order valence-corrected chi connectivity index (χ1v) is 6.07. The summed E-state index contributed by atoms with van der Waals surface area (Å²) in [5, 5.41) is 0. The molecule has 0 bridgehead atoms. The third kappa shape index (κ3) is 8.29. The van der Waals surface area contributed by atoms with Gasteiger partial charge >= 0.3 is 0 Å². The van der Waals surface area contributed by atoms with Crippen LogP contribution < -0.4 is 4.90 Å². The molecule has 0 fully saturated rings. The molecule has 0 amide bonds. The molecule has 0 unspecified atom stereocenters. The molecule has 0 saturated carbocycles. The molecule has 0 aliphatic heterocycles. The lowest BCUT2D eigenvalue weighted by molar-refractivity contribution is 0.398. The summed E-state index contributed by atoms with van der Waals surface area (Å²) in [4.78, 5) is 2.59. The van der Waals surface area contributed by atoms with Crippen molar-refractivity contribution in [3.8, 4) is 0 Å². The van der Waals surface area contributed by atoms with Crippen molar-refractivity contribution in [3.05, 3.63) is 0 Å². The van der Waals surface area contributed by atoms with E-state index in [4.69, 9.17) is 0 Å². The molecule has 13 heavy (non-hydrogen) atoms. The first-order chi connectivity index (χ1) is 6.35. The summed E-state index contributed by atoms with van der Waals surface area (Å²) in [5.41, 5.74) is 0. The van der Waals surface area contributed by atoms with Gasteiger partial charge in [0.15, 0.2) is 0 Å². The molecule has 0 aliphatic carbocycles. The highest BCUT2D eigenvalue weighted by Crippen LogP contribution is 1.99. The number of unbranched alkanes of at least 4 members (excludes halogenated alkanes) is 4. The van der Waals surface area contributed by atoms with Crippen molar-refractivity contribution in [2.45, 2.75) is 59.3 Å². The molecule has 0 saturated heterocycles. The second-order valence-corrected chi connectivity index (χ2v) is 3.85. The summed E-state index contributed by atoms with van der Waals surface area (Å²) >= 11 is 0. The maximum Gasteiger partial charge on any atom is 0.122 e. The van der Waals surface area contributed by atoms with E-state index in [-0.39, 0.29) is 0 Å². The molecule has 79 valence electrons. The first-order valence-electron chi connectivity index (χ1n) is 6.07. The predicted octanol–water partition coefficient (Wildman–Crippen LogP) is 3.53. The van der Waals surface area contributed by atoms with Crippen LogP contribution >= 0.6 is 0 Å². The number of nitrogens with zero attached hydrogens (tertiary/aromatic N) is 1. The summed E-state index contributed by atoms with van der Waals surface area (Å²) in [5.74, 6) is 0. The zero-order valence-electron chi connectivity index (χ0n) is 9.81. The molecule has 0 aromatic rings. The number of rotatable bonds is 9. The monoisotopic (exact) mass is 185 g/mol. The van der Waals surface area contributed by atoms with Gasteiger partial charge in [-0.3, -0.25) is 0 Å². The van der Waals surface area contributed by atoms with E-state index >= 15 is 0 Å². The van der Waals surface area contributed by atoms with Crippen LogP contribution in [0.2, 0.25) is 0 Å². The van der Waals surface area contributed by atoms with Crippen molar-refractivity contribution in [3.63, 3.8) is 0 Å². The van der Waals surface area contributed by atoms with E-state index in [1.807, 2.05) is 0 Å². The fourth-order valence-electron chi connectivity index (χ4n) is 1.60. The van der Waals surface area contributed by atoms with Crippen molar-refractivity contribution < 1.29 is 0 Å². The maximum atomic E-state index is 2.59. The molecule has 0 aromatic carbocycles. The van der Waals surface area contributed by atoms with Gasteiger partial charge in [0.05, 0.1) is 0 Å². The fraction of sp³-hybridized carbons (Fsp3) is 1.00. The van der Waals surface area contributed by atoms with E-state index in [0.717, 1.165) is 0 Å². The fourth-order valence-corrected chi connectivity index (χ4v) is 1.60. The summed E-state index contributed by atoms with van der Waals surface area (Å²) in [7, 11) is 0. The topological polar surface area (TPSA) is 5.90 Å². The third-order valence-electron chi connectivity index (χ3n) is 2.60. The number of hydrogen-bond donors (Lipinski definition) is 0. The first kappa shape index (κ1) is 13.0. The van der Waals surface area contributed by atoms with Crippen molar-refractivity contribution >= 4 is 0 Å². The van der Waals surface area contributed by atoms with Gasteiger partial charge in [0.2, 0.25) is 0 Å². The van der Waals surface area contributed by atoms with Gasteiger partial charge in [0.1, 0.15) is 19.6 Å². The molecule has 1 radical (unpaired) electrons. The van der Waals surface area contributed by atoms with E-state index in [1.54, 1.807) is 0 Å². The van der Waals surface area contributed by atoms with E-state index in [2.05, 4.69) is 25.7 Å². The van der Waals surface area contributed by atoms with Crippen LogP contribution in [0, 0.1) is 0 Å². The van der Waals surface area contributed by atoms with Gasteiger partial charge in [0.25, 0.3) is 0 Å². The van der Waals surface area contributed by atoms with Gasteiger partial charge in [0, 0.05) is 12.8 Å². The van der Waals surface area contributed by atoms with Crippen LogP contribution in [-0.4, -0.2) is 19.6 Å². The number of hydrogen-bond acceptors (Lipinski definition) is 1. The lowest BCUT2D eigenvalue weighted by Crippen LogP contribution is -2.32. The highest BCUT2D eigenvalue weighted by atomic mass is 15.1. The molecule has 0 spiro atoms. The normalized spacial score (nSPS) is 11.1. The van der Waals surface area contributed by atoms with Crippen LogP contribution in [0.3, 0.4) is 0 Å². The van der Waals surface area contributed by atoms with Gasteiger partial charge in [-0.15, -0.1) is 0 Å².